The highest BCUT2D eigenvalue weighted by Crippen LogP contribution is 2.39. The zero-order chi connectivity index (χ0) is 13.1. The molecule has 0 aromatic carbocycles. The van der Waals surface area contributed by atoms with Crippen molar-refractivity contribution in [2.75, 3.05) is 19.5 Å². The molecule has 100 valence electrons. The smallest absolute Gasteiger partial charge is 0.217 e. The average Bonchev–Trinajstić information content (AvgIpc) is 2.26. The molecule has 0 bridgehead atoms. The summed E-state index contributed by atoms with van der Waals surface area (Å²) in [5.74, 6) is 0.629. The van der Waals surface area contributed by atoms with E-state index in [4.69, 9.17) is 10.5 Å². The largest absolute Gasteiger partial charge is 0.383 e. The van der Waals surface area contributed by atoms with Gasteiger partial charge in [-0.1, -0.05) is 21.6 Å². The van der Waals surface area contributed by atoms with Crippen LogP contribution in [0.15, 0.2) is 0 Å². The minimum atomic E-state index is -0.254. The van der Waals surface area contributed by atoms with Crippen LogP contribution in [-0.2, 0) is 14.3 Å². The Bertz CT molecular complexity index is 239. The summed E-state index contributed by atoms with van der Waals surface area (Å²) in [5, 5.41) is 0. The van der Waals surface area contributed by atoms with Crippen LogP contribution in [0.3, 0.4) is 0 Å². The quantitative estimate of drug-likeness (QED) is 0.356. The maximum absolute atomic E-state index is 10.6. The molecule has 4 nitrogen and oxygen atoms in total. The van der Waals surface area contributed by atoms with Crippen molar-refractivity contribution in [1.82, 2.24) is 0 Å². The fourth-order valence-corrected chi connectivity index (χ4v) is 4.15. The summed E-state index contributed by atoms with van der Waals surface area (Å²) >= 11 is 0. The molecule has 1 atom stereocenters. The van der Waals surface area contributed by atoms with E-state index in [9.17, 15) is 9.59 Å². The average molecular weight is 279 g/mol. The molecule has 0 aliphatic rings. The Morgan fingerprint density at radius 2 is 2.24 bits per heavy atom. The minimum absolute atomic E-state index is 0.0486. The summed E-state index contributed by atoms with van der Waals surface area (Å²) in [6.07, 6.45) is 3.52. The van der Waals surface area contributed by atoms with Gasteiger partial charge in [-0.05, 0) is 19.8 Å². The predicted molar refractivity (Wildman–Crippen MR) is 74.1 cm³/mol. The standard InChI is InChI=1S/C11H21NO3S2/c1-11(9-15-2,6-4-7-13)17-16-8-3-5-10(12)14/h7H,3-6,8-9H2,1-2H3,(H2,12,14). The molecule has 6 heteroatoms. The molecule has 0 heterocycles. The number of ether oxygens (including phenoxy) is 1. The second-order valence-electron chi connectivity index (χ2n) is 4.06. The van der Waals surface area contributed by atoms with E-state index in [2.05, 4.69) is 6.92 Å². The molecular formula is C11H21NO3S2. The highest BCUT2D eigenvalue weighted by atomic mass is 33.1. The van der Waals surface area contributed by atoms with Crippen molar-refractivity contribution in [2.24, 2.45) is 5.73 Å². The number of primary amides is 1. The number of hydrogen-bond donors (Lipinski definition) is 1. The van der Waals surface area contributed by atoms with Crippen LogP contribution in [0, 0.1) is 0 Å². The first kappa shape index (κ1) is 16.8. The summed E-state index contributed by atoms with van der Waals surface area (Å²) in [6, 6.07) is 0. The molecule has 0 fully saturated rings. The van der Waals surface area contributed by atoms with E-state index in [0.29, 0.717) is 19.4 Å². The van der Waals surface area contributed by atoms with Gasteiger partial charge in [0.1, 0.15) is 6.29 Å². The van der Waals surface area contributed by atoms with Gasteiger partial charge < -0.3 is 15.3 Å². The van der Waals surface area contributed by atoms with Crippen LogP contribution < -0.4 is 5.73 Å². The first-order valence-electron chi connectivity index (χ1n) is 5.55. The minimum Gasteiger partial charge on any atom is -0.383 e. The first-order chi connectivity index (χ1) is 8.04. The highest BCUT2D eigenvalue weighted by molar-refractivity contribution is 8.77. The molecule has 0 aromatic heterocycles. The Morgan fingerprint density at radius 1 is 1.53 bits per heavy atom. The van der Waals surface area contributed by atoms with E-state index in [1.807, 2.05) is 0 Å². The maximum Gasteiger partial charge on any atom is 0.217 e. The second kappa shape index (κ2) is 9.79. The fourth-order valence-electron chi connectivity index (χ4n) is 1.30. The van der Waals surface area contributed by atoms with Gasteiger partial charge in [0.2, 0.25) is 5.91 Å². The van der Waals surface area contributed by atoms with Crippen LogP contribution in [0.2, 0.25) is 0 Å². The van der Waals surface area contributed by atoms with Crippen LogP contribution in [0.1, 0.15) is 32.6 Å². The van der Waals surface area contributed by atoms with Gasteiger partial charge >= 0.3 is 0 Å². The lowest BCUT2D eigenvalue weighted by atomic mass is 10.1. The summed E-state index contributed by atoms with van der Waals surface area (Å²) < 4.78 is 5.13. The van der Waals surface area contributed by atoms with Crippen LogP contribution in [0.5, 0.6) is 0 Å². The molecule has 0 spiro atoms. The van der Waals surface area contributed by atoms with Gasteiger partial charge in [0.15, 0.2) is 0 Å². The van der Waals surface area contributed by atoms with E-state index in [1.165, 1.54) is 0 Å². The third-order valence-electron chi connectivity index (χ3n) is 2.15. The van der Waals surface area contributed by atoms with Gasteiger partial charge in [0, 0.05) is 30.5 Å². The van der Waals surface area contributed by atoms with Crippen molar-refractivity contribution in [3.05, 3.63) is 0 Å². The van der Waals surface area contributed by atoms with E-state index in [-0.39, 0.29) is 10.7 Å². The number of rotatable bonds is 11. The Kier molecular flexibility index (Phi) is 9.68. The first-order valence-corrected chi connectivity index (χ1v) is 7.87. The number of methoxy groups -OCH3 is 1. The molecule has 0 aromatic rings. The van der Waals surface area contributed by atoms with Gasteiger partial charge in [-0.3, -0.25) is 4.79 Å². The molecule has 0 rings (SSSR count). The monoisotopic (exact) mass is 279 g/mol. The Balaban J connectivity index is 3.82. The van der Waals surface area contributed by atoms with Crippen molar-refractivity contribution in [2.45, 2.75) is 37.4 Å². The number of aldehydes is 1. The zero-order valence-corrected chi connectivity index (χ0v) is 12.1. The van der Waals surface area contributed by atoms with Crippen LogP contribution in [0.25, 0.3) is 0 Å². The second-order valence-corrected chi connectivity index (χ2v) is 7.07. The fraction of sp³-hybridized carbons (Fsp3) is 0.818. The van der Waals surface area contributed by atoms with Crippen LogP contribution >= 0.6 is 21.6 Å². The topological polar surface area (TPSA) is 69.4 Å². The van der Waals surface area contributed by atoms with E-state index in [0.717, 1.165) is 24.9 Å². The van der Waals surface area contributed by atoms with Crippen molar-refractivity contribution in [3.8, 4) is 0 Å². The van der Waals surface area contributed by atoms with Crippen molar-refractivity contribution >= 4 is 33.8 Å². The van der Waals surface area contributed by atoms with E-state index >= 15 is 0 Å². The lowest BCUT2D eigenvalue weighted by Crippen LogP contribution is -2.25. The van der Waals surface area contributed by atoms with Gasteiger partial charge in [-0.15, -0.1) is 0 Å². The molecule has 0 radical (unpaired) electrons. The van der Waals surface area contributed by atoms with Gasteiger partial charge in [-0.2, -0.15) is 0 Å². The molecule has 0 aliphatic heterocycles. The van der Waals surface area contributed by atoms with E-state index in [1.54, 1.807) is 28.7 Å². The summed E-state index contributed by atoms with van der Waals surface area (Å²) in [5.41, 5.74) is 5.06. The third-order valence-corrected chi connectivity index (χ3v) is 5.51. The van der Waals surface area contributed by atoms with Crippen LogP contribution in [-0.4, -0.2) is 36.4 Å². The molecule has 17 heavy (non-hydrogen) atoms. The molecule has 1 amide bonds. The predicted octanol–water partition coefficient (Wildman–Crippen LogP) is 2.02. The summed E-state index contributed by atoms with van der Waals surface area (Å²) in [6.45, 7) is 2.71. The molecule has 0 aliphatic carbocycles. The highest BCUT2D eigenvalue weighted by Gasteiger charge is 2.24. The SMILES string of the molecule is COCC(C)(CCC=O)SSCCCC(N)=O. The molecule has 0 saturated heterocycles. The Labute approximate surface area is 111 Å². The normalized spacial score (nSPS) is 14.2. The summed E-state index contributed by atoms with van der Waals surface area (Å²) in [7, 11) is 5.09. The molecule has 1 unspecified atom stereocenters. The molecular weight excluding hydrogens is 258 g/mol. The lowest BCUT2D eigenvalue weighted by molar-refractivity contribution is -0.118. The van der Waals surface area contributed by atoms with Gasteiger partial charge in [-0.25, -0.2) is 0 Å². The number of carbonyl (C=O) groups is 2. The lowest BCUT2D eigenvalue weighted by Gasteiger charge is -2.26. The molecule has 2 N–H and O–H groups in total. The van der Waals surface area contributed by atoms with Crippen LogP contribution in [0.4, 0.5) is 0 Å². The van der Waals surface area contributed by atoms with Crippen molar-refractivity contribution < 1.29 is 14.3 Å². The Hall–Kier alpha value is -0.200. The van der Waals surface area contributed by atoms with Crippen molar-refractivity contribution in [1.29, 1.82) is 0 Å². The zero-order valence-electron chi connectivity index (χ0n) is 10.4. The number of amides is 1. The number of nitrogens with two attached hydrogens (primary N) is 1. The maximum atomic E-state index is 10.6. The van der Waals surface area contributed by atoms with Gasteiger partial charge in [0.25, 0.3) is 0 Å². The van der Waals surface area contributed by atoms with E-state index < -0.39 is 0 Å². The number of carbonyl (C=O) groups excluding carboxylic acids is 2. The van der Waals surface area contributed by atoms with Crippen molar-refractivity contribution in [3.63, 3.8) is 0 Å². The summed E-state index contributed by atoms with van der Waals surface area (Å²) in [4.78, 5) is 20.9. The molecule has 0 saturated carbocycles. The van der Waals surface area contributed by atoms with Gasteiger partial charge in [0.05, 0.1) is 6.61 Å². The third kappa shape index (κ3) is 9.50. The number of hydrogen-bond acceptors (Lipinski definition) is 5. The Morgan fingerprint density at radius 3 is 2.76 bits per heavy atom.